The minimum Gasteiger partial charge on any atom is -0.545 e. The monoisotopic (exact) mass is 386 g/mol. The summed E-state index contributed by atoms with van der Waals surface area (Å²) in [6, 6.07) is 5.00. The topological polar surface area (TPSA) is 106 Å². The molecule has 1 aliphatic heterocycles. The summed E-state index contributed by atoms with van der Waals surface area (Å²) in [5.74, 6) is -3.61. The Hall–Kier alpha value is -2.91. The lowest BCUT2D eigenvalue weighted by molar-refractivity contribution is -0.255. The van der Waals surface area contributed by atoms with Crippen molar-refractivity contribution in [2.75, 3.05) is 4.90 Å². The molecule has 2 heterocycles. The zero-order chi connectivity index (χ0) is 19.0. The number of carboxylic acids is 2. The third-order valence-corrected chi connectivity index (χ3v) is 4.90. The zero-order valence-electron chi connectivity index (χ0n) is 13.3. The molecular weight excluding hydrogens is 376 g/mol. The molecule has 0 N–H and O–H groups in total. The van der Waals surface area contributed by atoms with Crippen LogP contribution in [-0.4, -0.2) is 26.7 Å². The molecule has 0 saturated carbocycles. The first-order chi connectivity index (χ1) is 12.3. The van der Waals surface area contributed by atoms with Gasteiger partial charge >= 0.3 is 0 Å². The number of aromatic nitrogens is 1. The number of aromatic carboxylic acids is 2. The van der Waals surface area contributed by atoms with Crippen molar-refractivity contribution < 1.29 is 24.6 Å². The molecule has 2 aromatic rings. The highest BCUT2D eigenvalue weighted by molar-refractivity contribution is 8.27. The summed E-state index contributed by atoms with van der Waals surface area (Å²) < 4.78 is 1.99. The Labute approximate surface area is 157 Å². The fourth-order valence-corrected chi connectivity index (χ4v) is 3.73. The third kappa shape index (κ3) is 3.39. The Morgan fingerprint density at radius 2 is 1.77 bits per heavy atom. The molecule has 1 aromatic carbocycles. The van der Waals surface area contributed by atoms with Crippen LogP contribution in [0.2, 0.25) is 0 Å². The van der Waals surface area contributed by atoms with Crippen LogP contribution in [0.1, 0.15) is 26.3 Å². The average Bonchev–Trinajstić information content (AvgIpc) is 3.10. The van der Waals surface area contributed by atoms with Crippen molar-refractivity contribution in [2.24, 2.45) is 7.05 Å². The molecule has 1 aliphatic rings. The lowest BCUT2D eigenvalue weighted by atomic mass is 10.1. The summed E-state index contributed by atoms with van der Waals surface area (Å²) in [7, 11) is 1.84. The molecule has 132 valence electrons. The lowest BCUT2D eigenvalue weighted by Gasteiger charge is -2.18. The van der Waals surface area contributed by atoms with Crippen LogP contribution < -0.4 is 15.1 Å². The number of carbonyl (C=O) groups is 3. The number of carbonyl (C=O) groups excluding carboxylic acids is 3. The van der Waals surface area contributed by atoms with Crippen LogP contribution in [0.15, 0.2) is 41.6 Å². The van der Waals surface area contributed by atoms with Gasteiger partial charge in [0.2, 0.25) is 0 Å². The van der Waals surface area contributed by atoms with Crippen LogP contribution in [0.25, 0.3) is 6.08 Å². The van der Waals surface area contributed by atoms with Crippen molar-refractivity contribution in [3.05, 3.63) is 58.3 Å². The van der Waals surface area contributed by atoms with Crippen LogP contribution in [0.3, 0.4) is 0 Å². The molecule has 1 fully saturated rings. The predicted molar refractivity (Wildman–Crippen MR) is 96.2 cm³/mol. The smallest absolute Gasteiger partial charge is 0.270 e. The number of nitrogens with zero attached hydrogens (tertiary/aromatic N) is 2. The molecule has 1 aromatic heterocycles. The first kappa shape index (κ1) is 17.9. The Bertz CT molecular complexity index is 961. The summed E-state index contributed by atoms with van der Waals surface area (Å²) in [6.07, 6.45) is 5.29. The van der Waals surface area contributed by atoms with E-state index in [1.165, 1.54) is 0 Å². The molecule has 0 unspecified atom stereocenters. The van der Waals surface area contributed by atoms with Gasteiger partial charge in [-0.1, -0.05) is 24.0 Å². The van der Waals surface area contributed by atoms with E-state index in [2.05, 4.69) is 0 Å². The van der Waals surface area contributed by atoms with Crippen LogP contribution in [0, 0.1) is 0 Å². The highest BCUT2D eigenvalue weighted by Gasteiger charge is 2.33. The Morgan fingerprint density at radius 1 is 1.15 bits per heavy atom. The largest absolute Gasteiger partial charge is 0.545 e. The molecule has 0 atom stereocenters. The van der Waals surface area contributed by atoms with E-state index < -0.39 is 17.8 Å². The molecular formula is C17H10N2O5S2-2. The zero-order valence-corrected chi connectivity index (χ0v) is 14.9. The van der Waals surface area contributed by atoms with E-state index in [0.29, 0.717) is 4.91 Å². The van der Waals surface area contributed by atoms with Crippen molar-refractivity contribution in [2.45, 2.75) is 0 Å². The van der Waals surface area contributed by atoms with Gasteiger partial charge in [-0.3, -0.25) is 9.69 Å². The number of rotatable bonds is 4. The number of amides is 1. The van der Waals surface area contributed by atoms with Crippen molar-refractivity contribution in [1.82, 2.24) is 4.57 Å². The first-order valence-corrected chi connectivity index (χ1v) is 8.46. The average molecular weight is 386 g/mol. The number of anilines is 1. The van der Waals surface area contributed by atoms with Crippen molar-refractivity contribution in [3.8, 4) is 0 Å². The second kappa shape index (κ2) is 6.77. The number of benzene rings is 1. The molecule has 1 amide bonds. The molecule has 3 rings (SSSR count). The molecule has 0 bridgehead atoms. The Morgan fingerprint density at radius 3 is 2.27 bits per heavy atom. The van der Waals surface area contributed by atoms with Gasteiger partial charge in [-0.15, -0.1) is 0 Å². The van der Waals surface area contributed by atoms with E-state index in [0.717, 1.165) is 40.4 Å². The number of aryl methyl sites for hydroxylation is 1. The van der Waals surface area contributed by atoms with Gasteiger partial charge in [0.25, 0.3) is 5.91 Å². The SMILES string of the molecule is Cn1ccc(/C=C2/SC(=S)N(c3cc(C(=O)[O-])cc(C(=O)[O-])c3)C2=O)c1. The molecule has 0 radical (unpaired) electrons. The van der Waals surface area contributed by atoms with E-state index in [1.54, 1.807) is 6.08 Å². The molecule has 0 aliphatic carbocycles. The summed E-state index contributed by atoms with van der Waals surface area (Å²) in [6.45, 7) is 0. The second-order valence-corrected chi connectivity index (χ2v) is 7.15. The number of hydrogen-bond donors (Lipinski definition) is 0. The van der Waals surface area contributed by atoms with Gasteiger partial charge in [0.15, 0.2) is 4.32 Å². The Balaban J connectivity index is 2.03. The van der Waals surface area contributed by atoms with Gasteiger partial charge in [-0.05, 0) is 47.0 Å². The Kier molecular flexibility index (Phi) is 4.66. The maximum Gasteiger partial charge on any atom is 0.270 e. The summed E-state index contributed by atoms with van der Waals surface area (Å²) >= 11 is 6.25. The van der Waals surface area contributed by atoms with Gasteiger partial charge in [0.05, 0.1) is 22.5 Å². The van der Waals surface area contributed by atoms with Crippen LogP contribution >= 0.6 is 24.0 Å². The summed E-state index contributed by atoms with van der Waals surface area (Å²) in [4.78, 5) is 36.4. The minimum absolute atomic E-state index is 0.0323. The molecule has 1 saturated heterocycles. The number of thiocarbonyl (C=S) groups is 1. The van der Waals surface area contributed by atoms with Gasteiger partial charge in [-0.2, -0.15) is 0 Å². The first-order valence-electron chi connectivity index (χ1n) is 7.24. The van der Waals surface area contributed by atoms with Gasteiger partial charge in [0.1, 0.15) is 0 Å². The fourth-order valence-electron chi connectivity index (χ4n) is 2.43. The van der Waals surface area contributed by atoms with Crippen LogP contribution in [0.4, 0.5) is 5.69 Å². The third-order valence-electron chi connectivity index (χ3n) is 3.59. The quantitative estimate of drug-likeness (QED) is 0.544. The highest BCUT2D eigenvalue weighted by atomic mass is 32.2. The highest BCUT2D eigenvalue weighted by Crippen LogP contribution is 2.36. The number of hydrogen-bond acceptors (Lipinski definition) is 7. The van der Waals surface area contributed by atoms with Gasteiger partial charge in [-0.25, -0.2) is 0 Å². The maximum absolute atomic E-state index is 12.7. The fraction of sp³-hybridized carbons (Fsp3) is 0.0588. The number of carboxylic acid groups (broad SMARTS) is 2. The van der Waals surface area contributed by atoms with E-state index in [-0.39, 0.29) is 21.1 Å². The van der Waals surface area contributed by atoms with E-state index in [9.17, 15) is 24.6 Å². The molecule has 26 heavy (non-hydrogen) atoms. The number of thioether (sulfide) groups is 1. The normalized spacial score (nSPS) is 15.7. The van der Waals surface area contributed by atoms with Crippen LogP contribution in [0.5, 0.6) is 0 Å². The van der Waals surface area contributed by atoms with E-state index in [1.807, 2.05) is 30.1 Å². The molecule has 7 nitrogen and oxygen atoms in total. The van der Waals surface area contributed by atoms with Gasteiger partial charge in [0, 0.05) is 19.4 Å². The van der Waals surface area contributed by atoms with E-state index >= 15 is 0 Å². The second-order valence-electron chi connectivity index (χ2n) is 5.47. The van der Waals surface area contributed by atoms with Gasteiger partial charge < -0.3 is 24.4 Å². The lowest BCUT2D eigenvalue weighted by Crippen LogP contribution is -2.30. The van der Waals surface area contributed by atoms with Crippen molar-refractivity contribution in [3.63, 3.8) is 0 Å². The maximum atomic E-state index is 12.7. The summed E-state index contributed by atoms with van der Waals surface area (Å²) in [5, 5.41) is 22.3. The van der Waals surface area contributed by atoms with Crippen molar-refractivity contribution in [1.29, 1.82) is 0 Å². The molecule has 9 heteroatoms. The van der Waals surface area contributed by atoms with Crippen LogP contribution in [-0.2, 0) is 11.8 Å². The predicted octanol–water partition coefficient (Wildman–Crippen LogP) is 0.158. The summed E-state index contributed by atoms with van der Waals surface area (Å²) in [5.41, 5.74) is 0.0577. The standard InChI is InChI=1S/C17H12N2O5S2/c1-18-3-2-9(8-18)4-13-14(20)19(17(25)26-13)12-6-10(15(21)22)5-11(7-12)16(23)24/h2-8H,1H3,(H,21,22)(H,23,24)/p-2/b13-4+. The molecule has 0 spiro atoms. The van der Waals surface area contributed by atoms with Crippen molar-refractivity contribution >= 4 is 57.9 Å². The van der Waals surface area contributed by atoms with E-state index in [4.69, 9.17) is 12.2 Å². The minimum atomic E-state index is -1.57.